The molecule has 0 spiro atoms. The van der Waals surface area contributed by atoms with Gasteiger partial charge in [-0.05, 0) is 38.0 Å². The molecule has 7 N–H and O–H groups in total. The third-order valence-corrected chi connectivity index (χ3v) is 5.25. The van der Waals surface area contributed by atoms with Gasteiger partial charge in [-0.25, -0.2) is 9.59 Å². The predicted molar refractivity (Wildman–Crippen MR) is 99.5 cm³/mol. The van der Waals surface area contributed by atoms with E-state index < -0.39 is 29.4 Å². The summed E-state index contributed by atoms with van der Waals surface area (Å²) in [5.41, 5.74) is 10.3. The SMILES string of the molecule is CC(C)(NC(=O)c1cccc(C2CC(C(N)=O)=C(NC(N)=O)S2)c1)C(=O)O. The summed E-state index contributed by atoms with van der Waals surface area (Å²) in [4.78, 5) is 46.3. The molecular formula is C17H20N4O5S. The molecule has 0 saturated heterocycles. The smallest absolute Gasteiger partial charge is 0.328 e. The summed E-state index contributed by atoms with van der Waals surface area (Å²) in [6.07, 6.45) is 0.265. The fourth-order valence-corrected chi connectivity index (χ4v) is 3.74. The van der Waals surface area contributed by atoms with E-state index in [-0.39, 0.29) is 22.8 Å². The lowest BCUT2D eigenvalue weighted by Gasteiger charge is -2.21. The monoisotopic (exact) mass is 392 g/mol. The molecule has 1 aliphatic rings. The van der Waals surface area contributed by atoms with Crippen molar-refractivity contribution in [3.05, 3.63) is 46.0 Å². The molecule has 9 nitrogen and oxygen atoms in total. The molecule has 144 valence electrons. The highest BCUT2D eigenvalue weighted by atomic mass is 32.2. The number of hydrogen-bond acceptors (Lipinski definition) is 5. The predicted octanol–water partition coefficient (Wildman–Crippen LogP) is 0.823. The molecule has 4 amide bonds. The lowest BCUT2D eigenvalue weighted by Crippen LogP contribution is -2.49. The number of aliphatic carboxylic acids is 1. The van der Waals surface area contributed by atoms with Crippen molar-refractivity contribution in [1.29, 1.82) is 0 Å². The van der Waals surface area contributed by atoms with E-state index in [4.69, 9.17) is 16.6 Å². The van der Waals surface area contributed by atoms with Crippen molar-refractivity contribution < 1.29 is 24.3 Å². The van der Waals surface area contributed by atoms with E-state index in [1.165, 1.54) is 25.6 Å². The number of benzene rings is 1. The lowest BCUT2D eigenvalue weighted by molar-refractivity contribution is -0.143. The summed E-state index contributed by atoms with van der Waals surface area (Å²) < 4.78 is 0. The van der Waals surface area contributed by atoms with Crippen molar-refractivity contribution in [2.24, 2.45) is 11.5 Å². The molecule has 1 heterocycles. The zero-order valence-electron chi connectivity index (χ0n) is 14.7. The van der Waals surface area contributed by atoms with E-state index in [0.29, 0.717) is 5.03 Å². The number of carbonyl (C=O) groups is 4. The van der Waals surface area contributed by atoms with Crippen LogP contribution in [0, 0.1) is 0 Å². The van der Waals surface area contributed by atoms with Crippen LogP contribution < -0.4 is 22.1 Å². The van der Waals surface area contributed by atoms with Crippen molar-refractivity contribution in [2.45, 2.75) is 31.1 Å². The number of rotatable bonds is 6. The fraction of sp³-hybridized carbons (Fsp3) is 0.294. The van der Waals surface area contributed by atoms with Gasteiger partial charge in [0.15, 0.2) is 0 Å². The van der Waals surface area contributed by atoms with Gasteiger partial charge in [0, 0.05) is 16.4 Å². The Morgan fingerprint density at radius 1 is 1.22 bits per heavy atom. The molecule has 1 aliphatic heterocycles. The van der Waals surface area contributed by atoms with Crippen LogP contribution in [-0.4, -0.2) is 34.5 Å². The molecule has 1 aromatic rings. The molecule has 1 unspecified atom stereocenters. The average Bonchev–Trinajstić information content (AvgIpc) is 2.97. The van der Waals surface area contributed by atoms with Crippen LogP contribution >= 0.6 is 11.8 Å². The van der Waals surface area contributed by atoms with Crippen molar-refractivity contribution in [3.8, 4) is 0 Å². The maximum absolute atomic E-state index is 12.4. The summed E-state index contributed by atoms with van der Waals surface area (Å²) in [6.45, 7) is 2.77. The Kier molecular flexibility index (Phi) is 5.79. The van der Waals surface area contributed by atoms with Crippen LogP contribution in [0.25, 0.3) is 0 Å². The molecule has 0 fully saturated rings. The first-order valence-corrected chi connectivity index (χ1v) is 8.81. The van der Waals surface area contributed by atoms with E-state index in [1.807, 2.05) is 0 Å². The van der Waals surface area contributed by atoms with Crippen molar-refractivity contribution >= 4 is 35.6 Å². The van der Waals surface area contributed by atoms with Crippen LogP contribution in [0.2, 0.25) is 0 Å². The quantitative estimate of drug-likeness (QED) is 0.481. The normalized spacial score (nSPS) is 16.7. The molecule has 0 bridgehead atoms. The van der Waals surface area contributed by atoms with Crippen LogP contribution in [0.4, 0.5) is 4.79 Å². The molecule has 0 radical (unpaired) electrons. The number of carboxylic acids is 1. The second-order valence-electron chi connectivity index (χ2n) is 6.48. The molecule has 0 saturated carbocycles. The Morgan fingerprint density at radius 2 is 1.89 bits per heavy atom. The zero-order valence-corrected chi connectivity index (χ0v) is 15.6. The van der Waals surface area contributed by atoms with E-state index in [0.717, 1.165) is 5.56 Å². The van der Waals surface area contributed by atoms with Gasteiger partial charge in [-0.1, -0.05) is 23.9 Å². The minimum absolute atomic E-state index is 0.255. The Hall–Kier alpha value is -3.01. The maximum Gasteiger partial charge on any atom is 0.328 e. The minimum atomic E-state index is -1.42. The van der Waals surface area contributed by atoms with E-state index in [1.54, 1.807) is 24.3 Å². The van der Waals surface area contributed by atoms with Gasteiger partial charge in [0.2, 0.25) is 5.91 Å². The van der Waals surface area contributed by atoms with Crippen molar-refractivity contribution in [1.82, 2.24) is 10.6 Å². The first kappa shape index (κ1) is 20.3. The van der Waals surface area contributed by atoms with Crippen LogP contribution in [0.3, 0.4) is 0 Å². The standard InChI is InChI=1S/C17H20N4O5S/c1-17(2,15(24)25)21-13(23)9-5-3-4-8(6-9)11-7-10(12(18)22)14(27-11)20-16(19)26/h3-6,11H,7H2,1-2H3,(H2,18,22)(H,21,23)(H,24,25)(H3,19,20,26). The number of nitrogens with two attached hydrogens (primary N) is 2. The van der Waals surface area contributed by atoms with E-state index in [9.17, 15) is 19.2 Å². The highest BCUT2D eigenvalue weighted by Crippen LogP contribution is 2.46. The average molecular weight is 392 g/mol. The molecule has 1 atom stereocenters. The molecule has 0 aromatic heterocycles. The van der Waals surface area contributed by atoms with Gasteiger partial charge in [-0.15, -0.1) is 0 Å². The van der Waals surface area contributed by atoms with Gasteiger partial charge in [0.25, 0.3) is 5.91 Å². The first-order chi connectivity index (χ1) is 12.5. The number of primary amides is 2. The number of thioether (sulfide) groups is 1. The summed E-state index contributed by atoms with van der Waals surface area (Å²) in [5, 5.41) is 14.0. The van der Waals surface area contributed by atoms with Gasteiger partial charge in [0.05, 0.1) is 5.03 Å². The second-order valence-corrected chi connectivity index (χ2v) is 7.69. The lowest BCUT2D eigenvalue weighted by atomic mass is 10.0. The van der Waals surface area contributed by atoms with Crippen LogP contribution in [0.15, 0.2) is 34.9 Å². The Balaban J connectivity index is 2.21. The van der Waals surface area contributed by atoms with Gasteiger partial charge >= 0.3 is 12.0 Å². The van der Waals surface area contributed by atoms with Crippen LogP contribution in [-0.2, 0) is 9.59 Å². The second kappa shape index (κ2) is 7.70. The number of amides is 4. The third-order valence-electron chi connectivity index (χ3n) is 3.94. The van der Waals surface area contributed by atoms with Crippen molar-refractivity contribution in [2.75, 3.05) is 0 Å². The maximum atomic E-state index is 12.4. The minimum Gasteiger partial charge on any atom is -0.480 e. The summed E-state index contributed by atoms with van der Waals surface area (Å²) in [5.74, 6) is -2.35. The van der Waals surface area contributed by atoms with Crippen LogP contribution in [0.5, 0.6) is 0 Å². The fourth-order valence-electron chi connectivity index (χ4n) is 2.44. The van der Waals surface area contributed by atoms with E-state index >= 15 is 0 Å². The number of urea groups is 1. The van der Waals surface area contributed by atoms with Crippen molar-refractivity contribution in [3.63, 3.8) is 0 Å². The number of nitrogens with one attached hydrogen (secondary N) is 2. The highest BCUT2D eigenvalue weighted by Gasteiger charge is 2.32. The number of carbonyl (C=O) groups excluding carboxylic acids is 3. The molecule has 1 aromatic carbocycles. The number of carboxylic acid groups (broad SMARTS) is 1. The summed E-state index contributed by atoms with van der Waals surface area (Å²) >= 11 is 1.21. The van der Waals surface area contributed by atoms with Gasteiger partial charge < -0.3 is 27.2 Å². The third kappa shape index (κ3) is 4.79. The largest absolute Gasteiger partial charge is 0.480 e. The molecular weight excluding hydrogens is 372 g/mol. The molecule has 0 aliphatic carbocycles. The molecule has 2 rings (SSSR count). The number of hydrogen-bond donors (Lipinski definition) is 5. The summed E-state index contributed by atoms with van der Waals surface area (Å²) in [7, 11) is 0. The molecule has 27 heavy (non-hydrogen) atoms. The van der Waals surface area contributed by atoms with Crippen LogP contribution in [0.1, 0.15) is 41.4 Å². The Morgan fingerprint density at radius 3 is 2.44 bits per heavy atom. The topological polar surface area (TPSA) is 165 Å². The Bertz CT molecular complexity index is 849. The van der Waals surface area contributed by atoms with E-state index in [2.05, 4.69) is 10.6 Å². The zero-order chi connectivity index (χ0) is 20.4. The van der Waals surface area contributed by atoms with Gasteiger partial charge in [-0.2, -0.15) is 0 Å². The highest BCUT2D eigenvalue weighted by molar-refractivity contribution is 8.03. The Labute approximate surface area is 159 Å². The van der Waals surface area contributed by atoms with Gasteiger partial charge in [0.1, 0.15) is 5.54 Å². The van der Waals surface area contributed by atoms with Gasteiger partial charge in [-0.3, -0.25) is 9.59 Å². The summed E-state index contributed by atoms with van der Waals surface area (Å²) in [6, 6.07) is 5.78. The molecule has 10 heteroatoms. The first-order valence-electron chi connectivity index (χ1n) is 7.93.